The van der Waals surface area contributed by atoms with Crippen molar-refractivity contribution in [2.24, 2.45) is 0 Å². The van der Waals surface area contributed by atoms with Crippen molar-refractivity contribution in [2.45, 2.75) is 24.5 Å². The van der Waals surface area contributed by atoms with Crippen LogP contribution in [0.1, 0.15) is 28.4 Å². The summed E-state index contributed by atoms with van der Waals surface area (Å²) in [6.07, 6.45) is 0.598. The molecule has 0 amide bonds. The van der Waals surface area contributed by atoms with E-state index in [1.807, 2.05) is 6.92 Å². The second kappa shape index (κ2) is 5.87. The van der Waals surface area contributed by atoms with Crippen LogP contribution in [0.25, 0.3) is 0 Å². The lowest BCUT2D eigenvalue weighted by molar-refractivity contribution is 0.0697. The molecule has 0 spiro atoms. The minimum absolute atomic E-state index is 0.0489. The van der Waals surface area contributed by atoms with Gasteiger partial charge < -0.3 is 5.11 Å². The highest BCUT2D eigenvalue weighted by Crippen LogP contribution is 2.27. The second-order valence-corrected chi connectivity index (χ2v) is 7.32. The van der Waals surface area contributed by atoms with Crippen LogP contribution in [0.15, 0.2) is 33.9 Å². The highest BCUT2D eigenvalue weighted by Gasteiger charge is 2.20. The highest BCUT2D eigenvalue weighted by atomic mass is 32.2. The summed E-state index contributed by atoms with van der Waals surface area (Å²) >= 11 is 1.13. The summed E-state index contributed by atoms with van der Waals surface area (Å²) in [7, 11) is -3.70. The first-order valence-corrected chi connectivity index (χ1v) is 8.64. The molecule has 0 fully saturated rings. The average molecular weight is 325 g/mol. The van der Waals surface area contributed by atoms with Gasteiger partial charge in [0.05, 0.1) is 11.3 Å². The molecule has 5 nitrogen and oxygen atoms in total. The molecule has 0 radical (unpaired) electrons. The van der Waals surface area contributed by atoms with Crippen LogP contribution in [-0.2, 0) is 16.4 Å². The van der Waals surface area contributed by atoms with Gasteiger partial charge in [-0.2, -0.15) is 0 Å². The van der Waals surface area contributed by atoms with Crippen LogP contribution in [0.5, 0.6) is 0 Å². The molecular weight excluding hydrogens is 310 g/mol. The van der Waals surface area contributed by atoms with Crippen LogP contribution in [0.3, 0.4) is 0 Å². The van der Waals surface area contributed by atoms with Crippen LogP contribution in [0, 0.1) is 6.92 Å². The zero-order valence-corrected chi connectivity index (χ0v) is 13.2. The number of carboxylic acid groups (broad SMARTS) is 1. The molecule has 0 aliphatic heterocycles. The first kappa shape index (κ1) is 15.5. The predicted molar refractivity (Wildman–Crippen MR) is 82.6 cm³/mol. The lowest BCUT2D eigenvalue weighted by Crippen LogP contribution is -2.14. The fourth-order valence-corrected chi connectivity index (χ4v) is 4.45. The fourth-order valence-electron chi connectivity index (χ4n) is 1.94. The normalized spacial score (nSPS) is 11.3. The summed E-state index contributed by atoms with van der Waals surface area (Å²) in [5, 5.41) is 10.7. The lowest BCUT2D eigenvalue weighted by atomic mass is 10.1. The van der Waals surface area contributed by atoms with Crippen molar-refractivity contribution in [2.75, 3.05) is 4.72 Å². The number of aryl methyl sites for hydroxylation is 2. The van der Waals surface area contributed by atoms with Gasteiger partial charge >= 0.3 is 5.97 Å². The largest absolute Gasteiger partial charge is 0.478 e. The Labute approximate surface area is 127 Å². The molecular formula is C14H15NO4S2. The summed E-state index contributed by atoms with van der Waals surface area (Å²) < 4.78 is 27.5. The number of carbonyl (C=O) groups is 1. The second-order valence-electron chi connectivity index (χ2n) is 4.53. The maximum atomic E-state index is 12.4. The number of hydrogen-bond donors (Lipinski definition) is 2. The van der Waals surface area contributed by atoms with Crippen molar-refractivity contribution < 1.29 is 18.3 Å². The summed E-state index contributed by atoms with van der Waals surface area (Å²) in [4.78, 5) is 11.0. The Kier molecular flexibility index (Phi) is 4.34. The van der Waals surface area contributed by atoms with E-state index < -0.39 is 16.0 Å². The Morgan fingerprint density at radius 2 is 2.05 bits per heavy atom. The van der Waals surface area contributed by atoms with E-state index >= 15 is 0 Å². The zero-order valence-electron chi connectivity index (χ0n) is 11.6. The first-order chi connectivity index (χ1) is 9.85. The average Bonchev–Trinajstić information content (AvgIpc) is 2.85. The quantitative estimate of drug-likeness (QED) is 0.884. The molecule has 0 unspecified atom stereocenters. The van der Waals surface area contributed by atoms with Crippen LogP contribution in [0.4, 0.5) is 5.69 Å². The van der Waals surface area contributed by atoms with E-state index in [-0.39, 0.29) is 9.77 Å². The van der Waals surface area contributed by atoms with Crippen molar-refractivity contribution in [1.29, 1.82) is 0 Å². The number of nitrogens with one attached hydrogen (secondary N) is 1. The van der Waals surface area contributed by atoms with Crippen molar-refractivity contribution in [3.63, 3.8) is 0 Å². The Morgan fingerprint density at radius 3 is 2.57 bits per heavy atom. The number of benzene rings is 1. The van der Waals surface area contributed by atoms with E-state index in [4.69, 9.17) is 5.11 Å². The maximum absolute atomic E-state index is 12.4. The molecule has 2 rings (SSSR count). The maximum Gasteiger partial charge on any atom is 0.335 e. The minimum Gasteiger partial charge on any atom is -0.478 e. The van der Waals surface area contributed by atoms with Gasteiger partial charge in [-0.1, -0.05) is 13.0 Å². The molecule has 7 heteroatoms. The number of carboxylic acids is 1. The lowest BCUT2D eigenvalue weighted by Gasteiger charge is -2.12. The van der Waals surface area contributed by atoms with Gasteiger partial charge in [0.15, 0.2) is 0 Å². The fraction of sp³-hybridized carbons (Fsp3) is 0.214. The molecule has 1 heterocycles. The summed E-state index contributed by atoms with van der Waals surface area (Å²) in [5.41, 5.74) is 1.77. The number of hydrogen-bond acceptors (Lipinski definition) is 4. The van der Waals surface area contributed by atoms with Crippen molar-refractivity contribution in [3.05, 3.63) is 46.3 Å². The van der Waals surface area contributed by atoms with Gasteiger partial charge in [0, 0.05) is 0 Å². The zero-order chi connectivity index (χ0) is 15.6. The number of rotatable bonds is 5. The monoisotopic (exact) mass is 325 g/mol. The molecule has 112 valence electrons. The Morgan fingerprint density at radius 1 is 1.33 bits per heavy atom. The molecule has 0 saturated heterocycles. The van der Waals surface area contributed by atoms with Gasteiger partial charge in [0.2, 0.25) is 0 Å². The van der Waals surface area contributed by atoms with E-state index in [0.717, 1.165) is 16.9 Å². The predicted octanol–water partition coefficient (Wildman–Crippen LogP) is 3.12. The smallest absolute Gasteiger partial charge is 0.335 e. The Hall–Kier alpha value is -1.86. The number of anilines is 1. The molecule has 21 heavy (non-hydrogen) atoms. The molecule has 1 aromatic heterocycles. The molecule has 0 saturated carbocycles. The molecule has 0 bridgehead atoms. The SMILES string of the molecule is CCc1ccc(C(=O)O)cc1NS(=O)(=O)c1sccc1C. The molecule has 0 aliphatic rings. The van der Waals surface area contributed by atoms with Crippen molar-refractivity contribution in [3.8, 4) is 0 Å². The topological polar surface area (TPSA) is 83.5 Å². The third-order valence-electron chi connectivity index (χ3n) is 3.04. The molecule has 2 N–H and O–H groups in total. The Balaban J connectivity index is 2.45. The molecule has 0 atom stereocenters. The third-order valence-corrected chi connectivity index (χ3v) is 6.10. The molecule has 1 aromatic carbocycles. The van der Waals surface area contributed by atoms with Crippen molar-refractivity contribution >= 4 is 33.0 Å². The summed E-state index contributed by atoms with van der Waals surface area (Å²) in [6, 6.07) is 6.17. The number of thiophene rings is 1. The highest BCUT2D eigenvalue weighted by molar-refractivity contribution is 7.94. The van der Waals surface area contributed by atoms with E-state index in [2.05, 4.69) is 4.72 Å². The first-order valence-electron chi connectivity index (χ1n) is 6.28. The van der Waals surface area contributed by atoms with E-state index in [1.54, 1.807) is 24.4 Å². The summed E-state index contributed by atoms with van der Waals surface area (Å²) in [6.45, 7) is 3.60. The van der Waals surface area contributed by atoms with Gasteiger partial charge in [0.25, 0.3) is 10.0 Å². The third kappa shape index (κ3) is 3.25. The van der Waals surface area contributed by atoms with Crippen molar-refractivity contribution in [1.82, 2.24) is 0 Å². The van der Waals surface area contributed by atoms with Crippen LogP contribution < -0.4 is 4.72 Å². The van der Waals surface area contributed by atoms with Crippen LogP contribution in [-0.4, -0.2) is 19.5 Å². The van der Waals surface area contributed by atoms with Crippen LogP contribution >= 0.6 is 11.3 Å². The summed E-state index contributed by atoms with van der Waals surface area (Å²) in [5.74, 6) is -1.09. The van der Waals surface area contributed by atoms with E-state index in [0.29, 0.717) is 17.7 Å². The minimum atomic E-state index is -3.70. The van der Waals surface area contributed by atoms with Gasteiger partial charge in [-0.3, -0.25) is 4.72 Å². The molecule has 0 aliphatic carbocycles. The van der Waals surface area contributed by atoms with E-state index in [9.17, 15) is 13.2 Å². The van der Waals surface area contributed by atoms with Crippen LogP contribution in [0.2, 0.25) is 0 Å². The van der Waals surface area contributed by atoms with Gasteiger partial charge in [-0.05, 0) is 48.1 Å². The standard InChI is InChI=1S/C14H15NO4S2/c1-3-10-4-5-11(13(16)17)8-12(10)15-21(18,19)14-9(2)6-7-20-14/h4-8,15H,3H2,1-2H3,(H,16,17). The van der Waals surface area contributed by atoms with Gasteiger partial charge in [0.1, 0.15) is 4.21 Å². The molecule has 2 aromatic rings. The van der Waals surface area contributed by atoms with Gasteiger partial charge in [-0.25, -0.2) is 13.2 Å². The Bertz CT molecular complexity index is 778. The number of sulfonamides is 1. The van der Waals surface area contributed by atoms with Gasteiger partial charge in [-0.15, -0.1) is 11.3 Å². The van der Waals surface area contributed by atoms with E-state index in [1.165, 1.54) is 12.1 Å². The number of aromatic carboxylic acids is 1.